The maximum absolute atomic E-state index is 12.0. The highest BCUT2D eigenvalue weighted by Crippen LogP contribution is 2.32. The summed E-state index contributed by atoms with van der Waals surface area (Å²) in [5.74, 6) is -1.69. The molecule has 0 bridgehead atoms. The molecule has 0 aliphatic carbocycles. The smallest absolute Gasteiger partial charge is 0.335 e. The third-order valence-electron chi connectivity index (χ3n) is 5.63. The molecule has 10 unspecified atom stereocenters. The van der Waals surface area contributed by atoms with E-state index in [9.17, 15) is 38.4 Å². The van der Waals surface area contributed by atoms with Gasteiger partial charge < -0.3 is 47.8 Å². The minimum absolute atomic E-state index is 0.0145. The van der Waals surface area contributed by atoms with Crippen molar-refractivity contribution in [2.45, 2.75) is 66.1 Å². The predicted octanol–water partition coefficient (Wildman–Crippen LogP) is -1.54. The fourth-order valence-electron chi connectivity index (χ4n) is 3.69. The first-order valence-electron chi connectivity index (χ1n) is 11.0. The van der Waals surface area contributed by atoms with Crippen LogP contribution < -0.4 is 5.32 Å². The van der Waals surface area contributed by atoms with Gasteiger partial charge in [0.2, 0.25) is 5.91 Å². The first-order valence-corrected chi connectivity index (χ1v) is 16.4. The molecule has 0 aromatic heterocycles. The van der Waals surface area contributed by atoms with Crippen LogP contribution in [0.5, 0.6) is 0 Å². The molecule has 2 rings (SSSR count). The number of carbonyl (C=O) groups excluding carboxylic acids is 1. The number of thioether (sulfide) groups is 1. The summed E-state index contributed by atoms with van der Waals surface area (Å²) in [5.41, 5.74) is 0. The van der Waals surface area contributed by atoms with Gasteiger partial charge in [0.1, 0.15) is 63.7 Å². The van der Waals surface area contributed by atoms with Crippen LogP contribution in [0.4, 0.5) is 0 Å². The number of carboxylic acid groups (broad SMARTS) is 1. The molecular formula is C19H31I2NO13S2. The maximum Gasteiger partial charge on any atom is 0.335 e. The summed E-state index contributed by atoms with van der Waals surface area (Å²) >= 11 is 4.65. The molecule has 2 aliphatic heterocycles. The Morgan fingerprint density at radius 2 is 1.76 bits per heavy atom. The third kappa shape index (κ3) is 9.47. The molecule has 18 heteroatoms. The Balaban J connectivity index is 2.14. The lowest BCUT2D eigenvalue weighted by Gasteiger charge is -2.46. The minimum atomic E-state index is -3.30. The molecule has 2 aliphatic rings. The molecule has 5 N–H and O–H groups in total. The summed E-state index contributed by atoms with van der Waals surface area (Å²) < 4.78 is 50.5. The number of amides is 1. The van der Waals surface area contributed by atoms with Crippen LogP contribution in [0.1, 0.15) is 6.92 Å². The maximum atomic E-state index is 12.0. The molecular weight excluding hydrogens is 768 g/mol. The molecule has 2 fully saturated rings. The van der Waals surface area contributed by atoms with Crippen molar-refractivity contribution < 1.29 is 60.4 Å². The van der Waals surface area contributed by atoms with E-state index < -0.39 is 80.9 Å². The summed E-state index contributed by atoms with van der Waals surface area (Å²) in [6.45, 7) is 0.882. The zero-order chi connectivity index (χ0) is 27.9. The van der Waals surface area contributed by atoms with Crippen LogP contribution in [-0.4, -0.2) is 137 Å². The van der Waals surface area contributed by atoms with E-state index in [2.05, 4.69) is 5.32 Å². The van der Waals surface area contributed by atoms with Gasteiger partial charge in [0, 0.05) is 12.7 Å². The Kier molecular flexibility index (Phi) is 14.0. The van der Waals surface area contributed by atoms with Crippen LogP contribution in [0.15, 0.2) is 0 Å². The molecule has 37 heavy (non-hydrogen) atoms. The van der Waals surface area contributed by atoms with E-state index in [1.807, 2.05) is 22.6 Å². The number of hydrogen-bond donors (Lipinski definition) is 5. The SMILES string of the molecule is CSCCS(=O)(=O)CCOCC1OC(I)C(NC(C)=O)C(OC2OC(C(=O)O)C(OI)C(O)C2O)C1O. The number of ether oxygens (including phenoxy) is 4. The number of carboxylic acids is 1. The van der Waals surface area contributed by atoms with Crippen molar-refractivity contribution in [3.8, 4) is 0 Å². The first kappa shape index (κ1) is 33.6. The zero-order valence-electron chi connectivity index (χ0n) is 19.8. The van der Waals surface area contributed by atoms with Crippen molar-refractivity contribution in [2.75, 3.05) is 36.7 Å². The van der Waals surface area contributed by atoms with E-state index in [-0.39, 0.29) is 24.7 Å². The Bertz CT molecular complexity index is 869. The van der Waals surface area contributed by atoms with E-state index >= 15 is 0 Å². The number of nitrogens with one attached hydrogen (secondary N) is 1. The molecule has 14 nitrogen and oxygen atoms in total. The van der Waals surface area contributed by atoms with Gasteiger partial charge in [-0.1, -0.05) is 0 Å². The molecule has 0 spiro atoms. The van der Waals surface area contributed by atoms with Crippen LogP contribution in [0.25, 0.3) is 0 Å². The van der Waals surface area contributed by atoms with Crippen LogP contribution in [0.3, 0.4) is 0 Å². The number of alkyl halides is 1. The largest absolute Gasteiger partial charge is 0.479 e. The number of aliphatic carboxylic acids is 1. The zero-order valence-corrected chi connectivity index (χ0v) is 25.8. The highest BCUT2D eigenvalue weighted by molar-refractivity contribution is 14.1. The Hall–Kier alpha value is 0.380. The van der Waals surface area contributed by atoms with Gasteiger partial charge in [-0.2, -0.15) is 11.8 Å². The summed E-state index contributed by atoms with van der Waals surface area (Å²) in [6.07, 6.45) is -10.3. The number of hydrogen-bond acceptors (Lipinski definition) is 13. The monoisotopic (exact) mass is 799 g/mol. The lowest BCUT2D eigenvalue weighted by molar-refractivity contribution is -0.318. The van der Waals surface area contributed by atoms with E-state index in [1.165, 1.54) is 41.7 Å². The summed E-state index contributed by atoms with van der Waals surface area (Å²) in [6, 6.07) is -0.967. The number of aliphatic hydroxyl groups excluding tert-OH is 3. The van der Waals surface area contributed by atoms with Gasteiger partial charge in [0.15, 0.2) is 22.2 Å². The van der Waals surface area contributed by atoms with Gasteiger partial charge >= 0.3 is 5.97 Å². The average Bonchev–Trinajstić information content (AvgIpc) is 2.82. The van der Waals surface area contributed by atoms with Crippen molar-refractivity contribution in [1.29, 1.82) is 0 Å². The van der Waals surface area contributed by atoms with Gasteiger partial charge in [-0.3, -0.25) is 4.79 Å². The normalized spacial score (nSPS) is 36.7. The second-order valence-corrected chi connectivity index (χ2v) is 13.4. The Morgan fingerprint density at radius 1 is 1.08 bits per heavy atom. The lowest BCUT2D eigenvalue weighted by Crippen LogP contribution is -2.67. The molecule has 0 aromatic rings. The fraction of sp³-hybridized carbons (Fsp3) is 0.895. The summed E-state index contributed by atoms with van der Waals surface area (Å²) in [4.78, 5) is 23.4. The highest BCUT2D eigenvalue weighted by atomic mass is 127. The van der Waals surface area contributed by atoms with Crippen molar-refractivity contribution in [3.63, 3.8) is 0 Å². The average molecular weight is 799 g/mol. The Morgan fingerprint density at radius 3 is 2.32 bits per heavy atom. The lowest BCUT2D eigenvalue weighted by atomic mass is 9.96. The third-order valence-corrected chi connectivity index (χ3v) is 9.77. The van der Waals surface area contributed by atoms with Gasteiger partial charge in [-0.25, -0.2) is 13.2 Å². The van der Waals surface area contributed by atoms with Crippen molar-refractivity contribution in [3.05, 3.63) is 0 Å². The van der Waals surface area contributed by atoms with Gasteiger partial charge in [0.05, 0.1) is 30.8 Å². The quantitative estimate of drug-likeness (QED) is 0.0814. The predicted molar refractivity (Wildman–Crippen MR) is 146 cm³/mol. The van der Waals surface area contributed by atoms with Crippen molar-refractivity contribution in [2.24, 2.45) is 0 Å². The number of sulfone groups is 1. The highest BCUT2D eigenvalue weighted by Gasteiger charge is 2.53. The second kappa shape index (κ2) is 15.4. The fourth-order valence-corrected chi connectivity index (χ4v) is 7.48. The van der Waals surface area contributed by atoms with Gasteiger partial charge in [-0.05, 0) is 28.8 Å². The van der Waals surface area contributed by atoms with Crippen molar-refractivity contribution in [1.82, 2.24) is 5.32 Å². The van der Waals surface area contributed by atoms with Gasteiger partial charge in [0.25, 0.3) is 0 Å². The second-order valence-electron chi connectivity index (χ2n) is 8.36. The minimum Gasteiger partial charge on any atom is -0.479 e. The molecule has 10 atom stereocenters. The number of aliphatic hydroxyl groups is 3. The molecule has 216 valence electrons. The molecule has 0 aromatic carbocycles. The van der Waals surface area contributed by atoms with Crippen LogP contribution >= 0.6 is 57.4 Å². The molecule has 1 amide bonds. The first-order chi connectivity index (χ1) is 17.3. The molecule has 0 radical (unpaired) electrons. The van der Waals surface area contributed by atoms with Gasteiger partial charge in [-0.15, -0.1) is 0 Å². The number of carbonyl (C=O) groups is 2. The Labute approximate surface area is 246 Å². The molecule has 2 heterocycles. The number of rotatable bonds is 13. The number of halogens is 2. The standard InChI is InChI=1S/C19H31I2NO13S2/c1-8(23)22-10-14(33-19-13(26)12(25)15(35-21)16(34-19)18(27)28)11(24)9(32-17(10)20)7-31-3-5-37(29,30)6-4-36-2/h9-17,19,24-26H,3-7H2,1-2H3,(H,22,23)(H,27,28). The van der Waals surface area contributed by atoms with E-state index in [0.717, 1.165) is 0 Å². The van der Waals surface area contributed by atoms with Crippen LogP contribution in [0, 0.1) is 0 Å². The topological polar surface area (TPSA) is 207 Å². The van der Waals surface area contributed by atoms with Crippen LogP contribution in [-0.2, 0) is 41.4 Å². The van der Waals surface area contributed by atoms with E-state index in [4.69, 9.17) is 22.0 Å². The van der Waals surface area contributed by atoms with E-state index in [1.54, 1.807) is 6.26 Å². The van der Waals surface area contributed by atoms with E-state index in [0.29, 0.717) is 5.75 Å². The van der Waals surface area contributed by atoms with Crippen molar-refractivity contribution >= 4 is 79.1 Å². The van der Waals surface area contributed by atoms with Crippen LogP contribution in [0.2, 0.25) is 0 Å². The molecule has 0 saturated carbocycles. The summed E-state index contributed by atoms with van der Waals surface area (Å²) in [5, 5.41) is 43.9. The summed E-state index contributed by atoms with van der Waals surface area (Å²) in [7, 11) is -3.30. The molecule has 2 saturated heterocycles.